The minimum absolute atomic E-state index is 0.563. The molecule has 0 bridgehead atoms. The largest absolute Gasteiger partial charge is 0.307 e. The van der Waals surface area contributed by atoms with Crippen molar-refractivity contribution in [2.45, 2.75) is 0 Å². The first-order valence-electron chi connectivity index (χ1n) is 35.7. The zero-order valence-corrected chi connectivity index (χ0v) is 57.3. The Hall–Kier alpha value is -14.5. The van der Waals surface area contributed by atoms with Crippen molar-refractivity contribution < 1.29 is 0 Å². The molecule has 10 nitrogen and oxygen atoms in total. The molecule has 496 valence electrons. The Morgan fingerprint density at radius 1 is 0.151 bits per heavy atom. The van der Waals surface area contributed by atoms with E-state index >= 15 is 0 Å². The molecule has 15 aromatic carbocycles. The molecular formula is C96H62N10. The summed E-state index contributed by atoms with van der Waals surface area (Å²) >= 11 is 0. The van der Waals surface area contributed by atoms with Gasteiger partial charge < -0.3 is 9.13 Å². The lowest BCUT2D eigenvalue weighted by Crippen LogP contribution is -2.07. The number of aromatic nitrogens is 10. The molecule has 10 heteroatoms. The van der Waals surface area contributed by atoms with Crippen LogP contribution >= 0.6 is 0 Å². The molecule has 21 rings (SSSR count). The van der Waals surface area contributed by atoms with Gasteiger partial charge in [-0.3, -0.25) is 9.13 Å². The van der Waals surface area contributed by atoms with Crippen LogP contribution in [0.25, 0.3) is 189 Å². The van der Waals surface area contributed by atoms with Crippen molar-refractivity contribution in [1.29, 1.82) is 0 Å². The molecule has 6 heterocycles. The van der Waals surface area contributed by atoms with E-state index in [1.54, 1.807) is 0 Å². The second kappa shape index (κ2) is 25.8. The van der Waals surface area contributed by atoms with Crippen LogP contribution in [0.1, 0.15) is 0 Å². The first-order chi connectivity index (χ1) is 52.6. The highest BCUT2D eigenvalue weighted by atomic mass is 15.2. The topological polar surface area (TPSA) is 97.1 Å². The predicted octanol–water partition coefficient (Wildman–Crippen LogP) is 23.8. The van der Waals surface area contributed by atoms with Crippen LogP contribution in [0.2, 0.25) is 0 Å². The van der Waals surface area contributed by atoms with Gasteiger partial charge in [0.2, 0.25) is 11.9 Å². The standard InChI is InChI=1S/C51H33N5.C45H29N5/c1-4-14-34(15-5-1)36-24-28-38(29-25-36)49-52-50(39-30-26-37(27-31-39)35-16-6-2-7-17-35)54-51(53-49)56-46-23-13-11-21-42(46)44-33-32-43-41-20-10-12-22-45(41)55(47(43)48(44)56)40-18-8-3-9-19-40;1-4-15-30(16-5-1)32-19-14-20-33(29-32)44-46-43(31-17-6-2-7-18-31)47-45(48-44)50-40-26-13-11-24-36(40)38-28-27-37-35-23-10-12-25-39(35)49(41(37)42(38)50)34-21-8-3-9-22-34/h1-33H;1-29H. The minimum atomic E-state index is 0.563. The summed E-state index contributed by atoms with van der Waals surface area (Å²) in [5, 5.41) is 9.29. The van der Waals surface area contributed by atoms with Crippen LogP contribution in [-0.2, 0) is 0 Å². The van der Waals surface area contributed by atoms with Gasteiger partial charge in [-0.15, -0.1) is 0 Å². The number of rotatable bonds is 11. The number of hydrogen-bond donors (Lipinski definition) is 0. The highest BCUT2D eigenvalue weighted by Gasteiger charge is 2.27. The molecule has 0 N–H and O–H groups in total. The van der Waals surface area contributed by atoms with Crippen LogP contribution in [0.5, 0.6) is 0 Å². The maximum atomic E-state index is 5.33. The van der Waals surface area contributed by atoms with E-state index in [0.717, 1.165) is 133 Å². The van der Waals surface area contributed by atoms with E-state index in [1.807, 2.05) is 36.4 Å². The molecule has 0 aliphatic carbocycles. The Morgan fingerprint density at radius 3 is 0.745 bits per heavy atom. The van der Waals surface area contributed by atoms with Gasteiger partial charge in [-0.25, -0.2) is 9.97 Å². The summed E-state index contributed by atoms with van der Waals surface area (Å²) < 4.78 is 9.25. The van der Waals surface area contributed by atoms with Gasteiger partial charge in [-0.1, -0.05) is 322 Å². The molecule has 0 saturated heterocycles. The second-order valence-corrected chi connectivity index (χ2v) is 26.6. The summed E-state index contributed by atoms with van der Waals surface area (Å²) in [5.74, 6) is 3.60. The average molecular weight is 1360 g/mol. The van der Waals surface area contributed by atoms with Crippen molar-refractivity contribution >= 4 is 87.2 Å². The van der Waals surface area contributed by atoms with Crippen molar-refractivity contribution in [2.24, 2.45) is 0 Å². The van der Waals surface area contributed by atoms with Crippen LogP contribution in [0, 0.1) is 0 Å². The number of hydrogen-bond acceptors (Lipinski definition) is 6. The Kier molecular flexibility index (Phi) is 15.0. The zero-order valence-electron chi connectivity index (χ0n) is 57.3. The van der Waals surface area contributed by atoms with Crippen molar-refractivity contribution in [3.05, 3.63) is 376 Å². The van der Waals surface area contributed by atoms with Crippen molar-refractivity contribution in [1.82, 2.24) is 48.2 Å². The number of para-hydroxylation sites is 6. The lowest BCUT2D eigenvalue weighted by atomic mass is 10.0. The summed E-state index contributed by atoms with van der Waals surface area (Å²) in [5.41, 5.74) is 21.4. The monoisotopic (exact) mass is 1350 g/mol. The minimum Gasteiger partial charge on any atom is -0.307 e. The maximum Gasteiger partial charge on any atom is 0.238 e. The molecule has 0 unspecified atom stereocenters. The molecule has 0 atom stereocenters. The van der Waals surface area contributed by atoms with Crippen LogP contribution in [0.15, 0.2) is 376 Å². The van der Waals surface area contributed by atoms with E-state index in [4.69, 9.17) is 29.9 Å². The van der Waals surface area contributed by atoms with Crippen molar-refractivity contribution in [3.8, 4) is 102 Å². The lowest BCUT2D eigenvalue weighted by Gasteiger charge is -2.13. The van der Waals surface area contributed by atoms with Gasteiger partial charge in [0.05, 0.1) is 44.1 Å². The van der Waals surface area contributed by atoms with Gasteiger partial charge in [-0.05, 0) is 88.0 Å². The lowest BCUT2D eigenvalue weighted by molar-refractivity contribution is 0.953. The molecule has 0 amide bonds. The molecule has 6 aromatic heterocycles. The second-order valence-electron chi connectivity index (χ2n) is 26.6. The summed E-state index contributed by atoms with van der Waals surface area (Å²) in [4.78, 5) is 31.5. The molecule has 0 saturated carbocycles. The Bertz CT molecular complexity index is 6790. The number of nitrogens with zero attached hydrogens (tertiary/aromatic N) is 10. The van der Waals surface area contributed by atoms with E-state index in [9.17, 15) is 0 Å². The fourth-order valence-electron chi connectivity index (χ4n) is 15.5. The van der Waals surface area contributed by atoms with Gasteiger partial charge >= 0.3 is 0 Å². The Morgan fingerprint density at radius 2 is 0.387 bits per heavy atom. The quantitative estimate of drug-likeness (QED) is 0.128. The number of benzene rings is 15. The van der Waals surface area contributed by atoms with Crippen molar-refractivity contribution in [2.75, 3.05) is 0 Å². The third-order valence-electron chi connectivity index (χ3n) is 20.4. The third kappa shape index (κ3) is 10.6. The van der Waals surface area contributed by atoms with Gasteiger partial charge in [-0.2, -0.15) is 19.9 Å². The molecule has 0 fully saturated rings. The summed E-state index contributed by atoms with van der Waals surface area (Å²) in [6, 6.07) is 132. The smallest absolute Gasteiger partial charge is 0.238 e. The molecule has 0 aliphatic heterocycles. The van der Waals surface area contributed by atoms with E-state index in [0.29, 0.717) is 35.2 Å². The molecule has 0 radical (unpaired) electrons. The zero-order chi connectivity index (χ0) is 70.0. The molecule has 21 aromatic rings. The van der Waals surface area contributed by atoms with Crippen LogP contribution in [-0.4, -0.2) is 48.2 Å². The van der Waals surface area contributed by atoms with E-state index in [1.165, 1.54) is 21.5 Å². The Labute approximate surface area is 610 Å². The third-order valence-corrected chi connectivity index (χ3v) is 20.4. The van der Waals surface area contributed by atoms with E-state index in [2.05, 4.69) is 358 Å². The summed E-state index contributed by atoms with van der Waals surface area (Å²) in [6.45, 7) is 0. The fourth-order valence-corrected chi connectivity index (χ4v) is 15.5. The van der Waals surface area contributed by atoms with Crippen LogP contribution < -0.4 is 0 Å². The molecule has 106 heavy (non-hydrogen) atoms. The van der Waals surface area contributed by atoms with E-state index in [-0.39, 0.29) is 0 Å². The highest BCUT2D eigenvalue weighted by molar-refractivity contribution is 6.25. The first kappa shape index (κ1) is 61.4. The van der Waals surface area contributed by atoms with Gasteiger partial charge in [0.15, 0.2) is 23.3 Å². The van der Waals surface area contributed by atoms with Crippen LogP contribution in [0.4, 0.5) is 0 Å². The van der Waals surface area contributed by atoms with E-state index < -0.39 is 0 Å². The first-order valence-corrected chi connectivity index (χ1v) is 35.7. The highest BCUT2D eigenvalue weighted by Crippen LogP contribution is 2.45. The average Bonchev–Trinajstić information content (AvgIpc) is 1.55. The predicted molar refractivity (Wildman–Crippen MR) is 435 cm³/mol. The van der Waals surface area contributed by atoms with Crippen molar-refractivity contribution in [3.63, 3.8) is 0 Å². The molecular weight excluding hydrogens is 1290 g/mol. The number of fused-ring (bicyclic) bond motifs is 14. The van der Waals surface area contributed by atoms with Gasteiger partial charge in [0, 0.05) is 76.7 Å². The SMILES string of the molecule is c1ccc(-c2ccc(-c3nc(-c4ccc(-c5ccccc5)cc4)nc(-n4c5ccccc5c5ccc6c7ccccc7n(-c7ccccc7)c6c54)n3)cc2)cc1.c1ccc(-c2cccc(-c3nc(-c4ccccc4)nc(-n4c5ccccc5c5ccc6c7ccccc7n(-c7ccccc7)c6c54)n3)c2)cc1. The Balaban J connectivity index is 0.000000141. The molecule has 0 spiro atoms. The summed E-state index contributed by atoms with van der Waals surface area (Å²) in [6.07, 6.45) is 0. The van der Waals surface area contributed by atoms with Gasteiger partial charge in [0.25, 0.3) is 0 Å². The van der Waals surface area contributed by atoms with Crippen LogP contribution in [0.3, 0.4) is 0 Å². The molecule has 0 aliphatic rings. The summed E-state index contributed by atoms with van der Waals surface area (Å²) in [7, 11) is 0. The maximum absolute atomic E-state index is 5.33. The van der Waals surface area contributed by atoms with Gasteiger partial charge in [0.1, 0.15) is 0 Å². The fraction of sp³-hybridized carbons (Fsp3) is 0. The normalized spacial score (nSPS) is 11.6.